The summed E-state index contributed by atoms with van der Waals surface area (Å²) in [5.74, 6) is -0.928. The van der Waals surface area contributed by atoms with E-state index >= 15 is 0 Å². The first kappa shape index (κ1) is 15.9. The lowest BCUT2D eigenvalue weighted by atomic mass is 10.1. The number of hydrazone groups is 1. The summed E-state index contributed by atoms with van der Waals surface area (Å²) in [6.45, 7) is 1.95. The van der Waals surface area contributed by atoms with Gasteiger partial charge in [0.15, 0.2) is 0 Å². The Labute approximate surface area is 138 Å². The molecular formula is C18H16FN3O2. The van der Waals surface area contributed by atoms with Crippen molar-refractivity contribution in [2.45, 2.75) is 19.8 Å². The Bertz CT molecular complexity index is 798. The van der Waals surface area contributed by atoms with E-state index in [9.17, 15) is 14.0 Å². The predicted octanol–water partition coefficient (Wildman–Crippen LogP) is 3.26. The first-order chi connectivity index (χ1) is 11.5. The predicted molar refractivity (Wildman–Crippen MR) is 90.4 cm³/mol. The molecule has 122 valence electrons. The Morgan fingerprint density at radius 3 is 2.42 bits per heavy atom. The summed E-state index contributed by atoms with van der Waals surface area (Å²) in [7, 11) is 0. The molecule has 1 aliphatic heterocycles. The molecule has 0 aromatic heterocycles. The zero-order valence-electron chi connectivity index (χ0n) is 13.1. The molecule has 0 saturated heterocycles. The van der Waals surface area contributed by atoms with Gasteiger partial charge in [-0.05, 0) is 43.3 Å². The Kier molecular flexibility index (Phi) is 4.37. The minimum Gasteiger partial charge on any atom is -0.321 e. The summed E-state index contributed by atoms with van der Waals surface area (Å²) in [5.41, 5.74) is 2.43. The molecule has 0 aliphatic carbocycles. The number of nitrogens with one attached hydrogen (secondary N) is 1. The molecule has 0 unspecified atom stereocenters. The summed E-state index contributed by atoms with van der Waals surface area (Å²) >= 11 is 0. The minimum atomic E-state index is -0.397. The summed E-state index contributed by atoms with van der Waals surface area (Å²) in [5, 5.41) is 8.10. The van der Waals surface area contributed by atoms with E-state index in [1.54, 1.807) is 12.1 Å². The second-order valence-corrected chi connectivity index (χ2v) is 5.55. The van der Waals surface area contributed by atoms with E-state index in [1.165, 1.54) is 29.3 Å². The highest BCUT2D eigenvalue weighted by Gasteiger charge is 2.25. The minimum absolute atomic E-state index is 0.155. The lowest BCUT2D eigenvalue weighted by Gasteiger charge is -2.23. The van der Waals surface area contributed by atoms with Crippen LogP contribution in [0.15, 0.2) is 53.6 Å². The quantitative estimate of drug-likeness (QED) is 0.941. The van der Waals surface area contributed by atoms with Crippen LogP contribution in [-0.4, -0.2) is 17.5 Å². The molecule has 0 fully saturated rings. The van der Waals surface area contributed by atoms with Crippen molar-refractivity contribution in [1.82, 2.24) is 0 Å². The van der Waals surface area contributed by atoms with Gasteiger partial charge in [0.1, 0.15) is 11.5 Å². The number of amides is 2. The van der Waals surface area contributed by atoms with E-state index in [2.05, 4.69) is 10.4 Å². The molecule has 1 aliphatic rings. The second-order valence-electron chi connectivity index (χ2n) is 5.55. The van der Waals surface area contributed by atoms with Crippen molar-refractivity contribution in [3.8, 4) is 0 Å². The summed E-state index contributed by atoms with van der Waals surface area (Å²) in [6.07, 6.45) is 0.484. The smallest absolute Gasteiger partial charge is 0.271 e. The van der Waals surface area contributed by atoms with Crippen LogP contribution in [0.1, 0.15) is 18.4 Å². The number of hydrogen-bond donors (Lipinski definition) is 1. The molecule has 0 radical (unpaired) electrons. The molecule has 0 saturated carbocycles. The van der Waals surface area contributed by atoms with Crippen LogP contribution in [-0.2, 0) is 9.59 Å². The molecule has 2 amide bonds. The van der Waals surface area contributed by atoms with Crippen LogP contribution < -0.4 is 10.3 Å². The molecule has 6 heteroatoms. The largest absolute Gasteiger partial charge is 0.321 e. The molecule has 0 atom stereocenters. The molecule has 5 nitrogen and oxygen atoms in total. The third-order valence-electron chi connectivity index (χ3n) is 3.68. The van der Waals surface area contributed by atoms with Crippen molar-refractivity contribution < 1.29 is 14.0 Å². The highest BCUT2D eigenvalue weighted by molar-refractivity contribution is 6.44. The van der Waals surface area contributed by atoms with Gasteiger partial charge < -0.3 is 5.32 Å². The highest BCUT2D eigenvalue weighted by atomic mass is 19.1. The van der Waals surface area contributed by atoms with Crippen molar-refractivity contribution in [2.24, 2.45) is 5.10 Å². The third-order valence-corrected chi connectivity index (χ3v) is 3.68. The lowest BCUT2D eigenvalue weighted by molar-refractivity contribution is -0.118. The van der Waals surface area contributed by atoms with Gasteiger partial charge in [0, 0.05) is 18.5 Å². The van der Waals surface area contributed by atoms with Gasteiger partial charge in [-0.15, -0.1) is 0 Å². The van der Waals surface area contributed by atoms with Gasteiger partial charge in [-0.2, -0.15) is 5.10 Å². The number of carbonyl (C=O) groups excluding carboxylic acids is 2. The van der Waals surface area contributed by atoms with E-state index in [0.717, 1.165) is 5.56 Å². The normalized spacial score (nSPS) is 14.3. The second kappa shape index (κ2) is 6.62. The van der Waals surface area contributed by atoms with Crippen LogP contribution in [0.4, 0.5) is 15.8 Å². The third kappa shape index (κ3) is 3.48. The van der Waals surface area contributed by atoms with E-state index in [4.69, 9.17) is 0 Å². The maximum atomic E-state index is 12.9. The molecule has 1 N–H and O–H groups in total. The maximum Gasteiger partial charge on any atom is 0.271 e. The summed E-state index contributed by atoms with van der Waals surface area (Å²) < 4.78 is 12.9. The lowest BCUT2D eigenvalue weighted by Crippen LogP contribution is -2.36. The van der Waals surface area contributed by atoms with E-state index in [0.29, 0.717) is 11.4 Å². The summed E-state index contributed by atoms with van der Waals surface area (Å²) in [6, 6.07) is 12.8. The van der Waals surface area contributed by atoms with Crippen LogP contribution in [0.25, 0.3) is 0 Å². The van der Waals surface area contributed by atoms with Crippen LogP contribution in [0, 0.1) is 12.7 Å². The van der Waals surface area contributed by atoms with E-state index in [1.807, 2.05) is 19.1 Å². The zero-order valence-corrected chi connectivity index (χ0v) is 13.1. The Morgan fingerprint density at radius 1 is 1.08 bits per heavy atom. The van der Waals surface area contributed by atoms with Gasteiger partial charge in [-0.3, -0.25) is 9.59 Å². The fourth-order valence-corrected chi connectivity index (χ4v) is 2.34. The number of anilines is 2. The fourth-order valence-electron chi connectivity index (χ4n) is 2.34. The number of halogens is 1. The van der Waals surface area contributed by atoms with Gasteiger partial charge in [-0.1, -0.05) is 17.7 Å². The molecule has 24 heavy (non-hydrogen) atoms. The number of aryl methyl sites for hydroxylation is 1. The Balaban J connectivity index is 1.80. The average molecular weight is 325 g/mol. The van der Waals surface area contributed by atoms with Crippen LogP contribution in [0.3, 0.4) is 0 Å². The van der Waals surface area contributed by atoms with Crippen molar-refractivity contribution in [3.63, 3.8) is 0 Å². The number of nitrogens with zero attached hydrogens (tertiary/aromatic N) is 2. The van der Waals surface area contributed by atoms with Crippen molar-refractivity contribution in [2.75, 3.05) is 10.3 Å². The number of rotatable bonds is 3. The number of carbonyl (C=O) groups is 2. The van der Waals surface area contributed by atoms with E-state index in [-0.39, 0.29) is 30.3 Å². The molecule has 0 bridgehead atoms. The first-order valence-corrected chi connectivity index (χ1v) is 7.57. The van der Waals surface area contributed by atoms with E-state index < -0.39 is 5.91 Å². The first-order valence-electron chi connectivity index (χ1n) is 7.57. The van der Waals surface area contributed by atoms with Crippen LogP contribution in [0.5, 0.6) is 0 Å². The molecule has 1 heterocycles. The zero-order chi connectivity index (χ0) is 17.1. The van der Waals surface area contributed by atoms with Gasteiger partial charge in [0.25, 0.3) is 5.91 Å². The van der Waals surface area contributed by atoms with Gasteiger partial charge in [0.2, 0.25) is 5.91 Å². The SMILES string of the molecule is Cc1ccc(N2N=C(C(=O)Nc3ccc(F)cc3)CCC2=O)cc1. The highest BCUT2D eigenvalue weighted by Crippen LogP contribution is 2.21. The molecule has 2 aromatic rings. The monoisotopic (exact) mass is 325 g/mol. The topological polar surface area (TPSA) is 61.8 Å². The van der Waals surface area contributed by atoms with Gasteiger partial charge in [0.05, 0.1) is 5.69 Å². The molecule has 0 spiro atoms. The Morgan fingerprint density at radius 2 is 1.75 bits per heavy atom. The van der Waals surface area contributed by atoms with Gasteiger partial charge in [-0.25, -0.2) is 9.40 Å². The van der Waals surface area contributed by atoms with Crippen LogP contribution in [0.2, 0.25) is 0 Å². The standard InChI is InChI=1S/C18H16FN3O2/c1-12-2-8-15(9-3-12)22-17(23)11-10-16(21-22)18(24)20-14-6-4-13(19)5-7-14/h2-9H,10-11H2,1H3,(H,20,24). The number of hydrogen-bond acceptors (Lipinski definition) is 3. The molecular weight excluding hydrogens is 309 g/mol. The van der Waals surface area contributed by atoms with Crippen molar-refractivity contribution >= 4 is 28.9 Å². The maximum absolute atomic E-state index is 12.9. The van der Waals surface area contributed by atoms with Crippen molar-refractivity contribution in [3.05, 3.63) is 59.9 Å². The molecule has 2 aromatic carbocycles. The fraction of sp³-hybridized carbons (Fsp3) is 0.167. The number of benzene rings is 2. The Hall–Kier alpha value is -3.02. The average Bonchev–Trinajstić information content (AvgIpc) is 2.58. The summed E-state index contributed by atoms with van der Waals surface area (Å²) in [4.78, 5) is 24.4. The van der Waals surface area contributed by atoms with Crippen LogP contribution >= 0.6 is 0 Å². The molecule has 3 rings (SSSR count). The van der Waals surface area contributed by atoms with Crippen molar-refractivity contribution in [1.29, 1.82) is 0 Å². The van der Waals surface area contributed by atoms with Gasteiger partial charge >= 0.3 is 0 Å².